The molecule has 3 aromatic rings. The van der Waals surface area contributed by atoms with Crippen LogP contribution in [0.3, 0.4) is 0 Å². The Kier molecular flexibility index (Phi) is 6.95. The first-order valence-corrected chi connectivity index (χ1v) is 10.5. The van der Waals surface area contributed by atoms with E-state index < -0.39 is 0 Å². The molecule has 0 spiro atoms. The lowest BCUT2D eigenvalue weighted by molar-refractivity contribution is -0.132. The van der Waals surface area contributed by atoms with Crippen LogP contribution in [0, 0.1) is 0 Å². The number of ether oxygens (including phenoxy) is 1. The van der Waals surface area contributed by atoms with E-state index in [-0.39, 0.29) is 17.7 Å². The summed E-state index contributed by atoms with van der Waals surface area (Å²) in [5.74, 6) is 0.627. The Morgan fingerprint density at radius 2 is 1.58 bits per heavy atom. The molecular formula is C26H30N2O3. The van der Waals surface area contributed by atoms with Gasteiger partial charge in [-0.3, -0.25) is 9.59 Å². The fraction of sp³-hybridized carbons (Fsp3) is 0.308. The summed E-state index contributed by atoms with van der Waals surface area (Å²) in [6, 6.07) is 19.5. The third kappa shape index (κ3) is 5.05. The highest BCUT2D eigenvalue weighted by Crippen LogP contribution is 2.26. The number of benzene rings is 3. The van der Waals surface area contributed by atoms with E-state index in [9.17, 15) is 9.59 Å². The van der Waals surface area contributed by atoms with Crippen LogP contribution in [-0.2, 0) is 11.3 Å². The summed E-state index contributed by atoms with van der Waals surface area (Å²) in [7, 11) is 5.13. The number of rotatable bonds is 7. The van der Waals surface area contributed by atoms with E-state index >= 15 is 0 Å². The third-order valence-electron chi connectivity index (χ3n) is 5.62. The Morgan fingerprint density at radius 3 is 2.19 bits per heavy atom. The first-order valence-electron chi connectivity index (χ1n) is 10.5. The zero-order chi connectivity index (χ0) is 22.5. The molecule has 0 aliphatic heterocycles. The van der Waals surface area contributed by atoms with Crippen molar-refractivity contribution in [3.05, 3.63) is 77.4 Å². The maximum absolute atomic E-state index is 13.2. The second-order valence-electron chi connectivity index (χ2n) is 7.94. The lowest BCUT2D eigenvalue weighted by Gasteiger charge is -2.25. The quantitative estimate of drug-likeness (QED) is 0.559. The Balaban J connectivity index is 1.75. The number of carbonyl (C=O) groups excluding carboxylic acids is 2. The minimum Gasteiger partial charge on any atom is -0.497 e. The van der Waals surface area contributed by atoms with Crippen LogP contribution in [0.4, 0.5) is 0 Å². The average Bonchev–Trinajstić information content (AvgIpc) is 2.80. The molecule has 0 heterocycles. The minimum absolute atomic E-state index is 0.0301. The minimum atomic E-state index is -0.249. The molecule has 0 aromatic heterocycles. The van der Waals surface area contributed by atoms with E-state index in [4.69, 9.17) is 4.74 Å². The standard InChI is InChI=1S/C26H30N2O3/c1-6-28(17-19-7-9-20(10-8-19)26(30)27(3)4)25(29)18(2)21-11-12-23-16-24(31-5)14-13-22(23)15-21/h7-16,18H,6,17H2,1-5H3/t18-/m0/s1. The first kappa shape index (κ1) is 22.3. The number of carbonyl (C=O) groups is 2. The predicted octanol–water partition coefficient (Wildman–Crippen LogP) is 4.70. The summed E-state index contributed by atoms with van der Waals surface area (Å²) in [6.07, 6.45) is 0. The summed E-state index contributed by atoms with van der Waals surface area (Å²) < 4.78 is 5.29. The molecule has 3 rings (SSSR count). The molecule has 31 heavy (non-hydrogen) atoms. The molecule has 0 N–H and O–H groups in total. The smallest absolute Gasteiger partial charge is 0.253 e. The Morgan fingerprint density at radius 1 is 0.935 bits per heavy atom. The van der Waals surface area contributed by atoms with Crippen molar-refractivity contribution in [3.8, 4) is 5.75 Å². The van der Waals surface area contributed by atoms with Gasteiger partial charge >= 0.3 is 0 Å². The van der Waals surface area contributed by atoms with Gasteiger partial charge in [-0.05, 0) is 60.0 Å². The highest BCUT2D eigenvalue weighted by Gasteiger charge is 2.21. The van der Waals surface area contributed by atoms with Crippen molar-refractivity contribution in [2.45, 2.75) is 26.3 Å². The van der Waals surface area contributed by atoms with Crippen molar-refractivity contribution in [1.82, 2.24) is 9.80 Å². The van der Waals surface area contributed by atoms with Crippen molar-refractivity contribution in [3.63, 3.8) is 0 Å². The Bertz CT molecular complexity index is 1070. The molecular weight excluding hydrogens is 388 g/mol. The normalized spacial score (nSPS) is 11.8. The highest BCUT2D eigenvalue weighted by molar-refractivity contribution is 5.94. The largest absolute Gasteiger partial charge is 0.497 e. The van der Waals surface area contributed by atoms with Gasteiger partial charge in [-0.2, -0.15) is 0 Å². The third-order valence-corrected chi connectivity index (χ3v) is 5.62. The molecule has 0 aliphatic carbocycles. The summed E-state index contributed by atoms with van der Waals surface area (Å²) in [6.45, 7) is 5.07. The van der Waals surface area contributed by atoms with E-state index in [1.165, 1.54) is 0 Å². The van der Waals surface area contributed by atoms with Gasteiger partial charge in [0.15, 0.2) is 0 Å². The average molecular weight is 419 g/mol. The molecule has 0 unspecified atom stereocenters. The van der Waals surface area contributed by atoms with Gasteiger partial charge in [0.2, 0.25) is 5.91 Å². The fourth-order valence-corrected chi connectivity index (χ4v) is 3.63. The van der Waals surface area contributed by atoms with Crippen LogP contribution in [0.15, 0.2) is 60.7 Å². The van der Waals surface area contributed by atoms with Crippen LogP contribution in [0.25, 0.3) is 10.8 Å². The molecule has 0 saturated heterocycles. The predicted molar refractivity (Wildman–Crippen MR) is 124 cm³/mol. The van der Waals surface area contributed by atoms with E-state index in [0.29, 0.717) is 18.7 Å². The summed E-state index contributed by atoms with van der Waals surface area (Å²) in [4.78, 5) is 28.7. The van der Waals surface area contributed by atoms with Gasteiger partial charge in [-0.15, -0.1) is 0 Å². The van der Waals surface area contributed by atoms with Crippen molar-refractivity contribution in [1.29, 1.82) is 0 Å². The molecule has 0 saturated carbocycles. The first-order chi connectivity index (χ1) is 14.8. The maximum atomic E-state index is 13.2. The van der Waals surface area contributed by atoms with Gasteiger partial charge in [0, 0.05) is 32.7 Å². The van der Waals surface area contributed by atoms with E-state index in [1.54, 1.807) is 26.1 Å². The molecule has 5 heteroatoms. The number of hydrogen-bond acceptors (Lipinski definition) is 3. The van der Waals surface area contributed by atoms with Gasteiger partial charge in [-0.1, -0.05) is 36.4 Å². The van der Waals surface area contributed by atoms with Crippen molar-refractivity contribution < 1.29 is 14.3 Å². The SMILES string of the molecule is CCN(Cc1ccc(C(=O)N(C)C)cc1)C(=O)[C@@H](C)c1ccc2cc(OC)ccc2c1. The van der Waals surface area contributed by atoms with E-state index in [2.05, 4.69) is 6.07 Å². The van der Waals surface area contributed by atoms with Crippen LogP contribution in [-0.4, -0.2) is 49.4 Å². The van der Waals surface area contributed by atoms with Crippen molar-refractivity contribution in [2.75, 3.05) is 27.7 Å². The van der Waals surface area contributed by atoms with Crippen LogP contribution in [0.5, 0.6) is 5.75 Å². The number of hydrogen-bond donors (Lipinski definition) is 0. The lowest BCUT2D eigenvalue weighted by Crippen LogP contribution is -2.33. The zero-order valence-electron chi connectivity index (χ0n) is 18.9. The number of methoxy groups -OCH3 is 1. The topological polar surface area (TPSA) is 49.9 Å². The number of likely N-dealkylation sites (N-methyl/N-ethyl adjacent to an activating group) is 1. The summed E-state index contributed by atoms with van der Waals surface area (Å²) in [5.41, 5.74) is 2.64. The number of nitrogens with zero attached hydrogens (tertiary/aromatic N) is 2. The van der Waals surface area contributed by atoms with Crippen molar-refractivity contribution in [2.24, 2.45) is 0 Å². The highest BCUT2D eigenvalue weighted by atomic mass is 16.5. The molecule has 0 fully saturated rings. The van der Waals surface area contributed by atoms with Crippen LogP contribution in [0.2, 0.25) is 0 Å². The van der Waals surface area contributed by atoms with E-state index in [1.807, 2.05) is 73.3 Å². The second-order valence-corrected chi connectivity index (χ2v) is 7.94. The second kappa shape index (κ2) is 9.65. The van der Waals surface area contributed by atoms with Crippen LogP contribution < -0.4 is 4.74 Å². The van der Waals surface area contributed by atoms with Gasteiger partial charge in [-0.25, -0.2) is 0 Å². The molecule has 5 nitrogen and oxygen atoms in total. The van der Waals surface area contributed by atoms with Crippen LogP contribution >= 0.6 is 0 Å². The lowest BCUT2D eigenvalue weighted by atomic mass is 9.96. The Labute approximate surface area is 184 Å². The maximum Gasteiger partial charge on any atom is 0.253 e. The van der Waals surface area contributed by atoms with Gasteiger partial charge in [0.05, 0.1) is 13.0 Å². The summed E-state index contributed by atoms with van der Waals surface area (Å²) >= 11 is 0. The summed E-state index contributed by atoms with van der Waals surface area (Å²) in [5, 5.41) is 2.17. The molecule has 1 atom stereocenters. The molecule has 0 radical (unpaired) electrons. The molecule has 0 aliphatic rings. The van der Waals surface area contributed by atoms with E-state index in [0.717, 1.165) is 27.6 Å². The van der Waals surface area contributed by atoms with Crippen molar-refractivity contribution >= 4 is 22.6 Å². The number of amides is 2. The number of fused-ring (bicyclic) bond motifs is 1. The fourth-order valence-electron chi connectivity index (χ4n) is 3.63. The van der Waals surface area contributed by atoms with Gasteiger partial charge < -0.3 is 14.5 Å². The molecule has 162 valence electrons. The molecule has 2 amide bonds. The van der Waals surface area contributed by atoms with Gasteiger partial charge in [0.1, 0.15) is 5.75 Å². The molecule has 0 bridgehead atoms. The zero-order valence-corrected chi connectivity index (χ0v) is 18.9. The molecule has 3 aromatic carbocycles. The monoisotopic (exact) mass is 418 g/mol. The van der Waals surface area contributed by atoms with Crippen LogP contribution in [0.1, 0.15) is 41.3 Å². The Hall–Kier alpha value is -3.34. The van der Waals surface area contributed by atoms with Gasteiger partial charge in [0.25, 0.3) is 5.91 Å².